The molecule has 26 heavy (non-hydrogen) atoms. The molecule has 0 atom stereocenters. The summed E-state index contributed by atoms with van der Waals surface area (Å²) in [5.74, 6) is -0.0266. The van der Waals surface area contributed by atoms with Gasteiger partial charge in [0.1, 0.15) is 5.75 Å². The van der Waals surface area contributed by atoms with Crippen LogP contribution >= 0.6 is 11.6 Å². The molecule has 0 aliphatic rings. The van der Waals surface area contributed by atoms with Crippen LogP contribution in [0.25, 0.3) is 21.9 Å². The van der Waals surface area contributed by atoms with Gasteiger partial charge < -0.3 is 9.52 Å². The number of benzene rings is 2. The minimum absolute atomic E-state index is 0.0266. The lowest BCUT2D eigenvalue weighted by Gasteiger charge is -2.06. The standard InChI is InChI=1S/C20H13ClN2O3/c1-11-9-18(25)26-20-12(11)4-7-17(24)14(20)10-23-16-6-5-15(21)13-3-2-8-22-19(13)16/h2-10,24H,1H3. The summed E-state index contributed by atoms with van der Waals surface area (Å²) in [6.45, 7) is 1.81. The maximum Gasteiger partial charge on any atom is 0.336 e. The Labute approximate surface area is 153 Å². The third-order valence-electron chi connectivity index (χ3n) is 4.16. The lowest BCUT2D eigenvalue weighted by molar-refractivity contribution is 0.472. The molecule has 6 heteroatoms. The van der Waals surface area contributed by atoms with Gasteiger partial charge in [-0.2, -0.15) is 0 Å². The van der Waals surface area contributed by atoms with E-state index in [-0.39, 0.29) is 5.75 Å². The summed E-state index contributed by atoms with van der Waals surface area (Å²) in [5.41, 5.74) is 2.16. The first-order valence-corrected chi connectivity index (χ1v) is 8.26. The van der Waals surface area contributed by atoms with Gasteiger partial charge in [0, 0.05) is 29.3 Å². The molecule has 4 rings (SSSR count). The molecule has 0 saturated heterocycles. The van der Waals surface area contributed by atoms with Gasteiger partial charge in [-0.25, -0.2) is 4.79 Å². The number of fused-ring (bicyclic) bond motifs is 2. The van der Waals surface area contributed by atoms with Crippen molar-refractivity contribution in [1.29, 1.82) is 0 Å². The highest BCUT2D eigenvalue weighted by Crippen LogP contribution is 2.31. The summed E-state index contributed by atoms with van der Waals surface area (Å²) in [5, 5.41) is 12.3. The van der Waals surface area contributed by atoms with Crippen molar-refractivity contribution in [2.45, 2.75) is 6.92 Å². The van der Waals surface area contributed by atoms with Crippen LogP contribution < -0.4 is 5.63 Å². The van der Waals surface area contributed by atoms with Crippen molar-refractivity contribution in [3.05, 3.63) is 75.2 Å². The first kappa shape index (κ1) is 16.3. The number of hydrogen-bond donors (Lipinski definition) is 1. The highest BCUT2D eigenvalue weighted by atomic mass is 35.5. The lowest BCUT2D eigenvalue weighted by atomic mass is 10.1. The number of aromatic hydroxyl groups is 1. The molecule has 0 aliphatic carbocycles. The van der Waals surface area contributed by atoms with Crippen LogP contribution in [0.5, 0.6) is 5.75 Å². The zero-order valence-corrected chi connectivity index (χ0v) is 14.5. The number of halogens is 1. The lowest BCUT2D eigenvalue weighted by Crippen LogP contribution is -2.00. The van der Waals surface area contributed by atoms with Crippen molar-refractivity contribution >= 4 is 45.4 Å². The van der Waals surface area contributed by atoms with Gasteiger partial charge in [0.15, 0.2) is 5.58 Å². The molecule has 0 radical (unpaired) electrons. The van der Waals surface area contributed by atoms with Crippen molar-refractivity contribution in [3.63, 3.8) is 0 Å². The Morgan fingerprint density at radius 1 is 1.19 bits per heavy atom. The second-order valence-electron chi connectivity index (χ2n) is 5.85. The molecule has 0 saturated carbocycles. The van der Waals surface area contributed by atoms with E-state index in [0.29, 0.717) is 27.4 Å². The minimum Gasteiger partial charge on any atom is -0.507 e. The summed E-state index contributed by atoms with van der Waals surface area (Å²) in [4.78, 5) is 20.5. The molecule has 0 spiro atoms. The predicted molar refractivity (Wildman–Crippen MR) is 103 cm³/mol. The maximum atomic E-state index is 11.7. The van der Waals surface area contributed by atoms with E-state index in [4.69, 9.17) is 16.0 Å². The van der Waals surface area contributed by atoms with Crippen molar-refractivity contribution < 1.29 is 9.52 Å². The fourth-order valence-corrected chi connectivity index (χ4v) is 3.10. The van der Waals surface area contributed by atoms with Crippen LogP contribution in [-0.2, 0) is 0 Å². The Balaban J connectivity index is 1.92. The molecule has 5 nitrogen and oxygen atoms in total. The number of phenolic OH excluding ortho intramolecular Hbond substituents is 1. The van der Waals surface area contributed by atoms with Gasteiger partial charge >= 0.3 is 5.63 Å². The van der Waals surface area contributed by atoms with E-state index in [9.17, 15) is 9.90 Å². The number of phenols is 1. The number of rotatable bonds is 2. The number of nitrogens with zero attached hydrogens (tertiary/aromatic N) is 2. The molecule has 2 aromatic carbocycles. The van der Waals surface area contributed by atoms with Gasteiger partial charge in [-0.05, 0) is 48.9 Å². The van der Waals surface area contributed by atoms with Gasteiger partial charge in [0.25, 0.3) is 0 Å². The Morgan fingerprint density at radius 2 is 2.04 bits per heavy atom. The van der Waals surface area contributed by atoms with Crippen molar-refractivity contribution in [1.82, 2.24) is 4.98 Å². The summed E-state index contributed by atoms with van der Waals surface area (Å²) < 4.78 is 5.31. The first-order valence-electron chi connectivity index (χ1n) is 7.88. The number of aliphatic imine (C=N–C) groups is 1. The Hall–Kier alpha value is -3.18. The molecular weight excluding hydrogens is 352 g/mol. The number of aromatic nitrogens is 1. The minimum atomic E-state index is -0.478. The quantitative estimate of drug-likeness (QED) is 0.411. The molecule has 2 aromatic heterocycles. The summed E-state index contributed by atoms with van der Waals surface area (Å²) >= 11 is 6.20. The molecule has 0 aliphatic heterocycles. The van der Waals surface area contributed by atoms with E-state index < -0.39 is 5.63 Å². The normalized spacial score (nSPS) is 11.6. The van der Waals surface area contributed by atoms with E-state index in [1.54, 1.807) is 36.5 Å². The summed E-state index contributed by atoms with van der Waals surface area (Å²) in [6.07, 6.45) is 3.13. The van der Waals surface area contributed by atoms with E-state index >= 15 is 0 Å². The van der Waals surface area contributed by atoms with E-state index in [2.05, 4.69) is 9.98 Å². The fraction of sp³-hybridized carbons (Fsp3) is 0.0500. The maximum absolute atomic E-state index is 11.7. The van der Waals surface area contributed by atoms with Crippen LogP contribution in [0.2, 0.25) is 5.02 Å². The molecule has 0 unspecified atom stereocenters. The first-order chi connectivity index (χ1) is 12.5. The van der Waals surface area contributed by atoms with Gasteiger partial charge in [0.05, 0.1) is 21.8 Å². The molecule has 128 valence electrons. The highest BCUT2D eigenvalue weighted by molar-refractivity contribution is 6.35. The van der Waals surface area contributed by atoms with Crippen molar-refractivity contribution in [2.24, 2.45) is 4.99 Å². The number of pyridine rings is 1. The van der Waals surface area contributed by atoms with Crippen LogP contribution in [-0.4, -0.2) is 16.3 Å². The van der Waals surface area contributed by atoms with Crippen LogP contribution in [0.4, 0.5) is 5.69 Å². The molecule has 4 aromatic rings. The van der Waals surface area contributed by atoms with Crippen LogP contribution in [0.15, 0.2) is 62.9 Å². The highest BCUT2D eigenvalue weighted by Gasteiger charge is 2.11. The second-order valence-corrected chi connectivity index (χ2v) is 6.25. The number of hydrogen-bond acceptors (Lipinski definition) is 5. The molecule has 0 fully saturated rings. The van der Waals surface area contributed by atoms with Crippen LogP contribution in [0, 0.1) is 6.92 Å². The summed E-state index contributed by atoms with van der Waals surface area (Å²) in [6, 6.07) is 11.8. The number of aryl methyl sites for hydroxylation is 1. The monoisotopic (exact) mass is 364 g/mol. The molecule has 0 amide bonds. The predicted octanol–water partition coefficient (Wildman–Crippen LogP) is 4.76. The average Bonchev–Trinajstić information content (AvgIpc) is 2.62. The van der Waals surface area contributed by atoms with E-state index in [1.165, 1.54) is 12.3 Å². The van der Waals surface area contributed by atoms with Crippen LogP contribution in [0.3, 0.4) is 0 Å². The fourth-order valence-electron chi connectivity index (χ4n) is 2.88. The Bertz CT molecular complexity index is 1250. The second kappa shape index (κ2) is 6.28. The van der Waals surface area contributed by atoms with Crippen molar-refractivity contribution in [3.8, 4) is 5.75 Å². The van der Waals surface area contributed by atoms with Crippen LogP contribution in [0.1, 0.15) is 11.1 Å². The average molecular weight is 365 g/mol. The van der Waals surface area contributed by atoms with Gasteiger partial charge in [-0.15, -0.1) is 0 Å². The molecular formula is C20H13ClN2O3. The molecule has 2 heterocycles. The zero-order valence-electron chi connectivity index (χ0n) is 13.7. The third-order valence-corrected chi connectivity index (χ3v) is 4.49. The Kier molecular flexibility index (Phi) is 3.93. The molecule has 0 bridgehead atoms. The third kappa shape index (κ3) is 2.72. The Morgan fingerprint density at radius 3 is 2.88 bits per heavy atom. The molecule has 1 N–H and O–H groups in total. The largest absolute Gasteiger partial charge is 0.507 e. The smallest absolute Gasteiger partial charge is 0.336 e. The zero-order chi connectivity index (χ0) is 18.3. The van der Waals surface area contributed by atoms with Gasteiger partial charge in [-0.1, -0.05) is 11.6 Å². The SMILES string of the molecule is Cc1cc(=O)oc2c(C=Nc3ccc(Cl)c4cccnc34)c(O)ccc12. The van der Waals surface area contributed by atoms with E-state index in [0.717, 1.165) is 16.3 Å². The van der Waals surface area contributed by atoms with Crippen molar-refractivity contribution in [2.75, 3.05) is 0 Å². The summed E-state index contributed by atoms with van der Waals surface area (Å²) in [7, 11) is 0. The van der Waals surface area contributed by atoms with Gasteiger partial charge in [-0.3, -0.25) is 9.98 Å². The van der Waals surface area contributed by atoms with Gasteiger partial charge in [0.2, 0.25) is 0 Å². The topological polar surface area (TPSA) is 75.7 Å². The van der Waals surface area contributed by atoms with E-state index in [1.807, 2.05) is 13.0 Å².